The highest BCUT2D eigenvalue weighted by molar-refractivity contribution is 5.80. The van der Waals surface area contributed by atoms with E-state index >= 15 is 0 Å². The zero-order chi connectivity index (χ0) is 20.6. The van der Waals surface area contributed by atoms with E-state index in [0.29, 0.717) is 18.6 Å². The molecule has 6 nitrogen and oxygen atoms in total. The molecule has 0 aliphatic carbocycles. The van der Waals surface area contributed by atoms with Crippen LogP contribution in [0.15, 0.2) is 41.5 Å². The number of hydrogen-bond acceptors (Lipinski definition) is 3. The molecule has 2 aromatic rings. The standard InChI is InChI=1S/C22H33FN6/c1-4-24-22(26-19-10-14-28(15-11-19)17(2)3)25-13-9-20-12-16-29(27-20)21-7-5-18(23)6-8-21/h5-8,12,16-17,19H,4,9-11,13-15H2,1-3H3,(H2,24,25,26). The molecule has 29 heavy (non-hydrogen) atoms. The van der Waals surface area contributed by atoms with Crippen LogP contribution in [-0.4, -0.2) is 58.9 Å². The lowest BCUT2D eigenvalue weighted by Gasteiger charge is -2.35. The lowest BCUT2D eigenvalue weighted by molar-refractivity contribution is 0.167. The Morgan fingerprint density at radius 1 is 1.21 bits per heavy atom. The Bertz CT molecular complexity index is 775. The smallest absolute Gasteiger partial charge is 0.191 e. The van der Waals surface area contributed by atoms with E-state index in [2.05, 4.69) is 41.4 Å². The highest BCUT2D eigenvalue weighted by Crippen LogP contribution is 2.13. The number of nitrogens with zero attached hydrogens (tertiary/aromatic N) is 4. The molecule has 158 valence electrons. The Morgan fingerprint density at radius 3 is 2.59 bits per heavy atom. The predicted octanol–water partition coefficient (Wildman–Crippen LogP) is 2.98. The number of aliphatic imine (C=N–C) groups is 1. The van der Waals surface area contributed by atoms with Crippen LogP contribution in [0.4, 0.5) is 4.39 Å². The summed E-state index contributed by atoms with van der Waals surface area (Å²) >= 11 is 0. The second-order valence-corrected chi connectivity index (χ2v) is 7.79. The van der Waals surface area contributed by atoms with Crippen LogP contribution in [0.2, 0.25) is 0 Å². The van der Waals surface area contributed by atoms with Gasteiger partial charge in [-0.05, 0) is 63.9 Å². The maximum Gasteiger partial charge on any atom is 0.191 e. The fourth-order valence-corrected chi connectivity index (χ4v) is 3.59. The van der Waals surface area contributed by atoms with Gasteiger partial charge in [-0.1, -0.05) is 0 Å². The van der Waals surface area contributed by atoms with Gasteiger partial charge in [0.1, 0.15) is 5.82 Å². The molecule has 1 aromatic carbocycles. The largest absolute Gasteiger partial charge is 0.357 e. The van der Waals surface area contributed by atoms with Crippen LogP contribution in [0.1, 0.15) is 39.3 Å². The first kappa shape index (κ1) is 21.3. The predicted molar refractivity (Wildman–Crippen MR) is 116 cm³/mol. The fourth-order valence-electron chi connectivity index (χ4n) is 3.59. The molecule has 0 amide bonds. The molecule has 2 N–H and O–H groups in total. The van der Waals surface area contributed by atoms with Gasteiger partial charge in [0.2, 0.25) is 0 Å². The summed E-state index contributed by atoms with van der Waals surface area (Å²) in [7, 11) is 0. The summed E-state index contributed by atoms with van der Waals surface area (Å²) in [6.45, 7) is 10.4. The topological polar surface area (TPSA) is 57.5 Å². The Hall–Kier alpha value is -2.41. The lowest BCUT2D eigenvalue weighted by atomic mass is 10.0. The second-order valence-electron chi connectivity index (χ2n) is 7.79. The minimum Gasteiger partial charge on any atom is -0.357 e. The zero-order valence-corrected chi connectivity index (χ0v) is 17.7. The van der Waals surface area contributed by atoms with Gasteiger partial charge >= 0.3 is 0 Å². The van der Waals surface area contributed by atoms with Gasteiger partial charge in [-0.15, -0.1) is 0 Å². The highest BCUT2D eigenvalue weighted by Gasteiger charge is 2.21. The monoisotopic (exact) mass is 400 g/mol. The number of halogens is 1. The number of nitrogens with one attached hydrogen (secondary N) is 2. The van der Waals surface area contributed by atoms with Crippen molar-refractivity contribution in [3.63, 3.8) is 0 Å². The molecular weight excluding hydrogens is 367 g/mol. The van der Waals surface area contributed by atoms with Crippen molar-refractivity contribution < 1.29 is 4.39 Å². The van der Waals surface area contributed by atoms with E-state index in [1.165, 1.54) is 12.1 Å². The summed E-state index contributed by atoms with van der Waals surface area (Å²) in [5.41, 5.74) is 1.82. The number of benzene rings is 1. The van der Waals surface area contributed by atoms with Crippen LogP contribution in [0.3, 0.4) is 0 Å². The van der Waals surface area contributed by atoms with Crippen molar-refractivity contribution in [2.75, 3.05) is 26.2 Å². The second kappa shape index (κ2) is 10.4. The van der Waals surface area contributed by atoms with Gasteiger partial charge in [0.25, 0.3) is 0 Å². The Morgan fingerprint density at radius 2 is 1.93 bits per heavy atom. The molecule has 1 aliphatic heterocycles. The summed E-state index contributed by atoms with van der Waals surface area (Å²) in [6, 6.07) is 9.42. The minimum atomic E-state index is -0.242. The van der Waals surface area contributed by atoms with E-state index in [4.69, 9.17) is 4.99 Å². The van der Waals surface area contributed by atoms with Crippen LogP contribution < -0.4 is 10.6 Å². The average Bonchev–Trinajstić information content (AvgIpc) is 3.18. The van der Waals surface area contributed by atoms with Gasteiger partial charge in [0.15, 0.2) is 5.96 Å². The molecule has 7 heteroatoms. The molecule has 2 heterocycles. The van der Waals surface area contributed by atoms with Crippen LogP contribution >= 0.6 is 0 Å². The van der Waals surface area contributed by atoms with E-state index in [1.807, 2.05) is 12.3 Å². The quantitative estimate of drug-likeness (QED) is 0.554. The van der Waals surface area contributed by atoms with Gasteiger partial charge in [0, 0.05) is 50.9 Å². The molecule has 0 atom stereocenters. The summed E-state index contributed by atoms with van der Waals surface area (Å²) in [6.07, 6.45) is 4.95. The molecule has 0 unspecified atom stereocenters. The third kappa shape index (κ3) is 6.29. The number of likely N-dealkylation sites (tertiary alicyclic amines) is 1. The van der Waals surface area contributed by atoms with Gasteiger partial charge in [-0.2, -0.15) is 5.10 Å². The number of rotatable bonds is 7. The third-order valence-corrected chi connectivity index (χ3v) is 5.32. The van der Waals surface area contributed by atoms with Crippen molar-refractivity contribution in [3.05, 3.63) is 48.0 Å². The van der Waals surface area contributed by atoms with Gasteiger partial charge < -0.3 is 15.5 Å². The summed E-state index contributed by atoms with van der Waals surface area (Å²) in [5, 5.41) is 11.5. The maximum atomic E-state index is 13.1. The van der Waals surface area contributed by atoms with E-state index in [1.54, 1.807) is 16.8 Å². The molecule has 0 bridgehead atoms. The molecule has 0 spiro atoms. The average molecular weight is 401 g/mol. The highest BCUT2D eigenvalue weighted by atomic mass is 19.1. The van der Waals surface area contributed by atoms with Crippen LogP contribution in [0, 0.1) is 5.82 Å². The first-order chi connectivity index (χ1) is 14.0. The summed E-state index contributed by atoms with van der Waals surface area (Å²) < 4.78 is 14.8. The van der Waals surface area contributed by atoms with Crippen molar-refractivity contribution in [2.24, 2.45) is 4.99 Å². The van der Waals surface area contributed by atoms with Crippen LogP contribution in [0.5, 0.6) is 0 Å². The van der Waals surface area contributed by atoms with Crippen molar-refractivity contribution >= 4 is 5.96 Å². The fraction of sp³-hybridized carbons (Fsp3) is 0.545. The van der Waals surface area contributed by atoms with Gasteiger partial charge in [0.05, 0.1) is 11.4 Å². The van der Waals surface area contributed by atoms with Gasteiger partial charge in [-0.3, -0.25) is 4.99 Å². The number of hydrogen-bond donors (Lipinski definition) is 2. The first-order valence-electron chi connectivity index (χ1n) is 10.6. The molecule has 3 rings (SSSR count). The van der Waals surface area contributed by atoms with Crippen molar-refractivity contribution in [2.45, 2.75) is 52.1 Å². The van der Waals surface area contributed by atoms with Crippen molar-refractivity contribution in [1.29, 1.82) is 0 Å². The van der Waals surface area contributed by atoms with Gasteiger partial charge in [-0.25, -0.2) is 9.07 Å². The number of aromatic nitrogens is 2. The Balaban J connectivity index is 1.51. The number of piperidine rings is 1. The molecule has 1 aliphatic rings. The van der Waals surface area contributed by atoms with Crippen molar-refractivity contribution in [1.82, 2.24) is 25.3 Å². The molecule has 0 saturated carbocycles. The molecule has 0 radical (unpaired) electrons. The normalized spacial score (nSPS) is 16.4. The Kier molecular flexibility index (Phi) is 7.63. The molecule has 1 fully saturated rings. The van der Waals surface area contributed by atoms with Crippen molar-refractivity contribution in [3.8, 4) is 5.69 Å². The summed E-state index contributed by atoms with van der Waals surface area (Å²) in [4.78, 5) is 7.26. The zero-order valence-electron chi connectivity index (χ0n) is 17.7. The lowest BCUT2D eigenvalue weighted by Crippen LogP contribution is -2.49. The van der Waals surface area contributed by atoms with E-state index in [-0.39, 0.29) is 5.82 Å². The first-order valence-corrected chi connectivity index (χ1v) is 10.6. The van der Waals surface area contributed by atoms with E-state index in [0.717, 1.165) is 56.2 Å². The Labute approximate surface area is 173 Å². The number of guanidine groups is 1. The minimum absolute atomic E-state index is 0.242. The van der Waals surface area contributed by atoms with Crippen LogP contribution in [-0.2, 0) is 6.42 Å². The summed E-state index contributed by atoms with van der Waals surface area (Å²) in [5.74, 6) is 0.641. The van der Waals surface area contributed by atoms with Crippen LogP contribution in [0.25, 0.3) is 5.69 Å². The molecule has 1 saturated heterocycles. The maximum absolute atomic E-state index is 13.1. The SMILES string of the molecule is CCNC(=NCCc1ccn(-c2ccc(F)cc2)n1)NC1CCN(C(C)C)CC1. The van der Waals surface area contributed by atoms with E-state index in [9.17, 15) is 4.39 Å². The molecule has 1 aromatic heterocycles. The third-order valence-electron chi connectivity index (χ3n) is 5.32. The van der Waals surface area contributed by atoms with E-state index < -0.39 is 0 Å². The molecular formula is C22H33FN6.